The molecule has 0 bridgehead atoms. The van der Waals surface area contributed by atoms with Gasteiger partial charge in [-0.3, -0.25) is 4.57 Å². The zero-order valence-electron chi connectivity index (χ0n) is 17.6. The summed E-state index contributed by atoms with van der Waals surface area (Å²) in [6.45, 7) is 0. The van der Waals surface area contributed by atoms with Crippen molar-refractivity contribution in [1.82, 2.24) is 24.9 Å². The predicted molar refractivity (Wildman–Crippen MR) is 123 cm³/mol. The lowest BCUT2D eigenvalue weighted by Crippen LogP contribution is -2.00. The average molecular weight is 460 g/mol. The third kappa shape index (κ3) is 4.49. The van der Waals surface area contributed by atoms with E-state index in [0.29, 0.717) is 34.0 Å². The molecule has 0 fully saturated rings. The van der Waals surface area contributed by atoms with E-state index in [9.17, 15) is 4.39 Å². The van der Waals surface area contributed by atoms with E-state index in [0.717, 1.165) is 17.0 Å². The highest BCUT2D eigenvalue weighted by molar-refractivity contribution is 7.98. The Kier molecular flexibility index (Phi) is 5.86. The molecule has 7 nitrogen and oxygen atoms in total. The van der Waals surface area contributed by atoms with Crippen LogP contribution in [0.4, 0.5) is 4.39 Å². The number of nitrogens with zero attached hydrogens (tertiary/aromatic N) is 5. The van der Waals surface area contributed by atoms with Crippen LogP contribution in [-0.4, -0.2) is 32.0 Å². The lowest BCUT2D eigenvalue weighted by atomic mass is 10.2. The molecule has 0 aliphatic carbocycles. The van der Waals surface area contributed by atoms with Gasteiger partial charge in [0.2, 0.25) is 0 Å². The number of hydrogen-bond donors (Lipinski definition) is 0. The van der Waals surface area contributed by atoms with Crippen LogP contribution in [-0.2, 0) is 5.75 Å². The Bertz CT molecular complexity index is 1350. The lowest BCUT2D eigenvalue weighted by molar-refractivity contribution is 0.415. The summed E-state index contributed by atoms with van der Waals surface area (Å²) in [4.78, 5) is 4.42. The van der Waals surface area contributed by atoms with Crippen molar-refractivity contribution in [1.29, 1.82) is 0 Å². The fourth-order valence-electron chi connectivity index (χ4n) is 3.25. The van der Waals surface area contributed by atoms with Crippen LogP contribution in [0.1, 0.15) is 5.82 Å². The smallest absolute Gasteiger partial charge is 0.257 e. The van der Waals surface area contributed by atoms with Gasteiger partial charge in [0.1, 0.15) is 11.6 Å². The molecule has 0 atom stereocenters. The van der Waals surface area contributed by atoms with Crippen LogP contribution in [0, 0.1) is 5.82 Å². The van der Waals surface area contributed by atoms with Gasteiger partial charge in [-0.05, 0) is 60.7 Å². The Morgan fingerprint density at radius 1 is 0.909 bits per heavy atom. The van der Waals surface area contributed by atoms with Crippen LogP contribution in [0.2, 0.25) is 0 Å². The molecule has 3 aromatic carbocycles. The Morgan fingerprint density at radius 3 is 2.36 bits per heavy atom. The monoisotopic (exact) mass is 459 g/mol. The first-order valence-electron chi connectivity index (χ1n) is 10.1. The molecule has 0 saturated heterocycles. The van der Waals surface area contributed by atoms with E-state index in [-0.39, 0.29) is 5.82 Å². The quantitative estimate of drug-likeness (QED) is 0.301. The maximum Gasteiger partial charge on any atom is 0.257 e. The molecule has 164 valence electrons. The van der Waals surface area contributed by atoms with Crippen LogP contribution in [0.25, 0.3) is 28.5 Å². The van der Waals surface area contributed by atoms with Crippen LogP contribution >= 0.6 is 11.8 Å². The Labute approximate surface area is 193 Å². The van der Waals surface area contributed by atoms with E-state index in [1.165, 1.54) is 23.9 Å². The maximum absolute atomic E-state index is 13.2. The molecule has 33 heavy (non-hydrogen) atoms. The topological polar surface area (TPSA) is 78.9 Å². The Morgan fingerprint density at radius 2 is 1.64 bits per heavy atom. The van der Waals surface area contributed by atoms with Gasteiger partial charge < -0.3 is 9.26 Å². The zero-order valence-corrected chi connectivity index (χ0v) is 18.4. The number of halogens is 1. The first-order chi connectivity index (χ1) is 16.2. The molecule has 0 saturated carbocycles. The molecule has 5 rings (SSSR count). The second-order valence-corrected chi connectivity index (χ2v) is 7.96. The van der Waals surface area contributed by atoms with Crippen molar-refractivity contribution >= 4 is 11.8 Å². The molecule has 5 aromatic rings. The van der Waals surface area contributed by atoms with Crippen LogP contribution in [0.3, 0.4) is 0 Å². The number of hydrogen-bond acceptors (Lipinski definition) is 7. The fraction of sp³-hybridized carbons (Fsp3) is 0.0833. The van der Waals surface area contributed by atoms with Crippen molar-refractivity contribution in [2.24, 2.45) is 0 Å². The molecule has 0 aliphatic rings. The van der Waals surface area contributed by atoms with E-state index in [2.05, 4.69) is 20.3 Å². The van der Waals surface area contributed by atoms with Gasteiger partial charge in [-0.2, -0.15) is 4.98 Å². The van der Waals surface area contributed by atoms with Crippen molar-refractivity contribution < 1.29 is 13.7 Å². The standard InChI is InChI=1S/C24H18FN5O2S/c1-31-20-13-9-16(10-14-20)22-27-28-24(30(22)19-5-3-2-4-6-19)33-15-21-26-23(32-29-21)17-7-11-18(25)12-8-17/h2-14H,15H2,1H3. The molecule has 0 N–H and O–H groups in total. The van der Waals surface area contributed by atoms with Gasteiger partial charge in [-0.1, -0.05) is 35.1 Å². The summed E-state index contributed by atoms with van der Waals surface area (Å²) in [5.74, 6) is 2.45. The normalized spacial score (nSPS) is 11.0. The number of para-hydroxylation sites is 1. The second-order valence-electron chi connectivity index (χ2n) is 7.02. The molecular weight excluding hydrogens is 441 g/mol. The number of thioether (sulfide) groups is 1. The van der Waals surface area contributed by atoms with E-state index >= 15 is 0 Å². The van der Waals surface area contributed by atoms with Gasteiger partial charge in [-0.15, -0.1) is 10.2 Å². The minimum absolute atomic E-state index is 0.318. The van der Waals surface area contributed by atoms with Gasteiger partial charge in [-0.25, -0.2) is 4.39 Å². The lowest BCUT2D eigenvalue weighted by Gasteiger charge is -2.10. The summed E-state index contributed by atoms with van der Waals surface area (Å²) in [5, 5.41) is 13.6. The Balaban J connectivity index is 1.42. The summed E-state index contributed by atoms with van der Waals surface area (Å²) in [7, 11) is 1.63. The minimum atomic E-state index is -0.318. The molecule has 0 aliphatic heterocycles. The number of aromatic nitrogens is 5. The van der Waals surface area contributed by atoms with Crippen molar-refractivity contribution in [3.8, 4) is 34.3 Å². The Hall–Kier alpha value is -3.98. The van der Waals surface area contributed by atoms with Gasteiger partial charge in [0.25, 0.3) is 5.89 Å². The second kappa shape index (κ2) is 9.25. The predicted octanol–water partition coefficient (Wildman–Crippen LogP) is 5.42. The summed E-state index contributed by atoms with van der Waals surface area (Å²) in [6.07, 6.45) is 0. The highest BCUT2D eigenvalue weighted by Crippen LogP contribution is 2.30. The van der Waals surface area contributed by atoms with Crippen LogP contribution in [0.15, 0.2) is 88.5 Å². The molecule has 0 radical (unpaired) electrons. The fourth-order valence-corrected chi connectivity index (χ4v) is 4.05. The van der Waals surface area contributed by atoms with Gasteiger partial charge in [0, 0.05) is 16.8 Å². The number of ether oxygens (including phenoxy) is 1. The van der Waals surface area contributed by atoms with Gasteiger partial charge >= 0.3 is 0 Å². The van der Waals surface area contributed by atoms with Crippen molar-refractivity contribution in [3.05, 3.63) is 90.5 Å². The number of methoxy groups -OCH3 is 1. The van der Waals surface area contributed by atoms with Crippen molar-refractivity contribution in [2.45, 2.75) is 10.9 Å². The van der Waals surface area contributed by atoms with Crippen molar-refractivity contribution in [3.63, 3.8) is 0 Å². The highest BCUT2D eigenvalue weighted by Gasteiger charge is 2.18. The van der Waals surface area contributed by atoms with E-state index in [4.69, 9.17) is 9.26 Å². The molecular formula is C24H18FN5O2S. The summed E-state index contributed by atoms with van der Waals surface area (Å²) in [6, 6.07) is 23.5. The van der Waals surface area contributed by atoms with Gasteiger partial charge in [0.05, 0.1) is 12.9 Å². The molecule has 9 heteroatoms. The number of rotatable bonds is 7. The first kappa shape index (κ1) is 20.9. The third-order valence-electron chi connectivity index (χ3n) is 4.89. The molecule has 2 aromatic heterocycles. The van der Waals surface area contributed by atoms with E-state index < -0.39 is 0 Å². The van der Waals surface area contributed by atoms with Crippen LogP contribution in [0.5, 0.6) is 5.75 Å². The zero-order chi connectivity index (χ0) is 22.6. The highest BCUT2D eigenvalue weighted by atomic mass is 32.2. The average Bonchev–Trinajstić information content (AvgIpc) is 3.51. The van der Waals surface area contributed by atoms with E-state index in [1.807, 2.05) is 59.2 Å². The minimum Gasteiger partial charge on any atom is -0.497 e. The van der Waals surface area contributed by atoms with Gasteiger partial charge in [0.15, 0.2) is 16.8 Å². The summed E-state index contributed by atoms with van der Waals surface area (Å²) < 4.78 is 25.8. The third-order valence-corrected chi connectivity index (χ3v) is 5.81. The van der Waals surface area contributed by atoms with Crippen molar-refractivity contribution in [2.75, 3.05) is 7.11 Å². The van der Waals surface area contributed by atoms with Crippen LogP contribution < -0.4 is 4.74 Å². The molecule has 0 amide bonds. The summed E-state index contributed by atoms with van der Waals surface area (Å²) >= 11 is 1.45. The van der Waals surface area contributed by atoms with E-state index in [1.54, 1.807) is 19.2 Å². The SMILES string of the molecule is COc1ccc(-c2nnc(SCc3noc(-c4ccc(F)cc4)n3)n2-c2ccccc2)cc1. The largest absolute Gasteiger partial charge is 0.497 e. The summed E-state index contributed by atoms with van der Waals surface area (Å²) in [5.41, 5.74) is 2.52. The first-order valence-corrected chi connectivity index (χ1v) is 11.1. The maximum atomic E-state index is 13.2. The molecule has 2 heterocycles. The molecule has 0 spiro atoms. The number of benzene rings is 3. The molecule has 0 unspecified atom stereocenters.